The maximum atomic E-state index is 10.9. The van der Waals surface area contributed by atoms with Crippen LogP contribution in [-0.4, -0.2) is 19.0 Å². The van der Waals surface area contributed by atoms with Gasteiger partial charge in [-0.1, -0.05) is 67.7 Å². The van der Waals surface area contributed by atoms with E-state index in [1.165, 1.54) is 0 Å². The number of carbonyl (C=O) groups excluding carboxylic acids is 1. The van der Waals surface area contributed by atoms with Crippen molar-refractivity contribution in [2.75, 3.05) is 13.1 Å². The van der Waals surface area contributed by atoms with Crippen molar-refractivity contribution in [3.8, 4) is 0 Å². The molecule has 0 rings (SSSR count). The van der Waals surface area contributed by atoms with Crippen LogP contribution >= 0.6 is 0 Å². The van der Waals surface area contributed by atoms with Gasteiger partial charge in [0.15, 0.2) is 0 Å². The van der Waals surface area contributed by atoms with Crippen LogP contribution in [-0.2, 0) is 4.79 Å². The van der Waals surface area contributed by atoms with Crippen molar-refractivity contribution in [3.63, 3.8) is 0 Å². The Kier molecular flexibility index (Phi) is 18.7. The Balaban J connectivity index is 3.43. The van der Waals surface area contributed by atoms with Gasteiger partial charge in [0.2, 0.25) is 5.91 Å². The van der Waals surface area contributed by atoms with Crippen LogP contribution in [0, 0.1) is 0 Å². The summed E-state index contributed by atoms with van der Waals surface area (Å²) in [7, 11) is 0. The van der Waals surface area contributed by atoms with Gasteiger partial charge in [-0.25, -0.2) is 0 Å². The van der Waals surface area contributed by atoms with Gasteiger partial charge in [-0.2, -0.15) is 0 Å². The second-order valence-electron chi connectivity index (χ2n) is 5.76. The highest BCUT2D eigenvalue weighted by atomic mass is 16.1. The number of hydrogen-bond donors (Lipinski definition) is 2. The summed E-state index contributed by atoms with van der Waals surface area (Å²) in [5.74, 6) is -0.0742. The van der Waals surface area contributed by atoms with Crippen LogP contribution in [0.5, 0.6) is 0 Å². The molecule has 3 heteroatoms. The molecule has 0 aliphatic rings. The summed E-state index contributed by atoms with van der Waals surface area (Å²) in [6.07, 6.45) is 30.4. The third-order valence-corrected chi connectivity index (χ3v) is 3.46. The second-order valence-corrected chi connectivity index (χ2v) is 5.76. The quantitative estimate of drug-likeness (QED) is 0.325. The first-order chi connectivity index (χ1) is 12.3. The first-order valence-electron chi connectivity index (χ1n) is 9.53. The van der Waals surface area contributed by atoms with Gasteiger partial charge < -0.3 is 11.1 Å². The van der Waals surface area contributed by atoms with Crippen LogP contribution in [0.15, 0.2) is 60.8 Å². The highest BCUT2D eigenvalue weighted by Crippen LogP contribution is 1.98. The van der Waals surface area contributed by atoms with Crippen molar-refractivity contribution < 1.29 is 4.79 Å². The molecule has 3 N–H and O–H groups in total. The summed E-state index contributed by atoms with van der Waals surface area (Å²) < 4.78 is 0. The fourth-order valence-electron chi connectivity index (χ4n) is 2.06. The summed E-state index contributed by atoms with van der Waals surface area (Å²) in [5.41, 5.74) is 5.21. The van der Waals surface area contributed by atoms with E-state index < -0.39 is 0 Å². The molecule has 3 nitrogen and oxygen atoms in total. The lowest BCUT2D eigenvalue weighted by atomic mass is 10.2. The molecule has 0 fully saturated rings. The minimum atomic E-state index is -0.0742. The normalized spacial score (nSPS) is 12.6. The highest BCUT2D eigenvalue weighted by molar-refractivity contribution is 5.77. The molecule has 0 radical (unpaired) electrons. The maximum absolute atomic E-state index is 10.9. The Morgan fingerprint density at radius 1 is 0.760 bits per heavy atom. The zero-order valence-electron chi connectivity index (χ0n) is 15.8. The lowest BCUT2D eigenvalue weighted by Gasteiger charge is -2.01. The van der Waals surface area contributed by atoms with E-state index in [2.05, 4.69) is 73.0 Å². The zero-order valence-corrected chi connectivity index (χ0v) is 15.8. The van der Waals surface area contributed by atoms with Gasteiger partial charge in [0.05, 0.1) is 6.54 Å². The van der Waals surface area contributed by atoms with Crippen LogP contribution in [0.4, 0.5) is 0 Å². The van der Waals surface area contributed by atoms with Gasteiger partial charge in [0, 0.05) is 6.54 Å². The van der Waals surface area contributed by atoms with E-state index in [1.807, 2.05) is 0 Å². The van der Waals surface area contributed by atoms with Crippen LogP contribution in [0.25, 0.3) is 0 Å². The molecule has 0 spiro atoms. The largest absolute Gasteiger partial charge is 0.355 e. The molecule has 0 aromatic rings. The highest BCUT2D eigenvalue weighted by Gasteiger charge is 1.93. The molecule has 0 atom stereocenters. The average molecular weight is 345 g/mol. The number of nitrogens with two attached hydrogens (primary N) is 1. The first kappa shape index (κ1) is 23.1. The second kappa shape index (κ2) is 20.2. The topological polar surface area (TPSA) is 55.1 Å². The summed E-state index contributed by atoms with van der Waals surface area (Å²) in [6.45, 7) is 2.95. The molecule has 0 bridgehead atoms. The van der Waals surface area contributed by atoms with Crippen molar-refractivity contribution in [1.82, 2.24) is 5.32 Å². The van der Waals surface area contributed by atoms with E-state index in [0.29, 0.717) is 0 Å². The Morgan fingerprint density at radius 2 is 1.24 bits per heavy atom. The third kappa shape index (κ3) is 20.1. The molecule has 0 aliphatic carbocycles. The fourth-order valence-corrected chi connectivity index (χ4v) is 2.06. The number of rotatable bonds is 15. The summed E-state index contributed by atoms with van der Waals surface area (Å²) in [5, 5.41) is 2.77. The molecule has 0 saturated heterocycles. The summed E-state index contributed by atoms with van der Waals surface area (Å²) in [4.78, 5) is 10.9. The van der Waals surface area contributed by atoms with Crippen molar-refractivity contribution in [1.29, 1.82) is 0 Å². The van der Waals surface area contributed by atoms with Gasteiger partial charge in [-0.3, -0.25) is 4.79 Å². The molecule has 0 unspecified atom stereocenters. The first-order valence-corrected chi connectivity index (χ1v) is 9.53. The van der Waals surface area contributed by atoms with Crippen molar-refractivity contribution >= 4 is 5.91 Å². The molecule has 25 heavy (non-hydrogen) atoms. The predicted octanol–water partition coefficient (Wildman–Crippen LogP) is 4.98. The van der Waals surface area contributed by atoms with Gasteiger partial charge >= 0.3 is 0 Å². The van der Waals surface area contributed by atoms with Crippen LogP contribution < -0.4 is 11.1 Å². The molecule has 0 aromatic heterocycles. The van der Waals surface area contributed by atoms with E-state index in [9.17, 15) is 4.79 Å². The molecule has 0 saturated carbocycles. The standard InChI is InChI=1S/C22H36N2O/c1-2-3-4-5-6-7-8-9-10-11-12-13-14-15-16-17-18-19-20-24-22(25)21-23/h3-4,6-7,9-10,12-13,15-16H,2,5,8,11,14,17-21,23H2,1H3,(H,24,25)/b4-3-,7-6-,10-9-,13-12-,16-15-. The van der Waals surface area contributed by atoms with E-state index in [4.69, 9.17) is 5.73 Å². The van der Waals surface area contributed by atoms with Crippen LogP contribution in [0.1, 0.15) is 58.3 Å². The third-order valence-electron chi connectivity index (χ3n) is 3.46. The Hall–Kier alpha value is -1.87. The molecular weight excluding hydrogens is 308 g/mol. The summed E-state index contributed by atoms with van der Waals surface area (Å²) >= 11 is 0. The van der Waals surface area contributed by atoms with Crippen molar-refractivity contribution in [2.45, 2.75) is 58.3 Å². The Bertz CT molecular complexity index is 445. The minimum Gasteiger partial charge on any atom is -0.355 e. The van der Waals surface area contributed by atoms with Gasteiger partial charge in [0.25, 0.3) is 0 Å². The monoisotopic (exact) mass is 344 g/mol. The number of amides is 1. The molecule has 0 aromatic carbocycles. The number of allylic oxidation sites excluding steroid dienone is 10. The van der Waals surface area contributed by atoms with E-state index >= 15 is 0 Å². The molecular formula is C22H36N2O. The Labute approximate surface area is 154 Å². The molecule has 0 aliphatic heterocycles. The SMILES string of the molecule is CC/C=C\C/C=C\C/C=C\C/C=C\C/C=C\CCCCNC(=O)CN. The van der Waals surface area contributed by atoms with E-state index in [-0.39, 0.29) is 12.5 Å². The van der Waals surface area contributed by atoms with E-state index in [0.717, 1.165) is 57.9 Å². The molecule has 1 amide bonds. The number of hydrogen-bond acceptors (Lipinski definition) is 2. The van der Waals surface area contributed by atoms with Crippen molar-refractivity contribution in [2.24, 2.45) is 5.73 Å². The summed E-state index contributed by atoms with van der Waals surface area (Å²) in [6, 6.07) is 0. The molecule has 140 valence electrons. The van der Waals surface area contributed by atoms with Crippen molar-refractivity contribution in [3.05, 3.63) is 60.8 Å². The fraction of sp³-hybridized carbons (Fsp3) is 0.500. The average Bonchev–Trinajstić information content (AvgIpc) is 2.63. The Morgan fingerprint density at radius 3 is 1.72 bits per heavy atom. The lowest BCUT2D eigenvalue weighted by Crippen LogP contribution is -2.30. The van der Waals surface area contributed by atoms with Gasteiger partial charge in [-0.15, -0.1) is 0 Å². The van der Waals surface area contributed by atoms with Gasteiger partial charge in [-0.05, 0) is 51.4 Å². The number of nitrogens with one attached hydrogen (secondary N) is 1. The zero-order chi connectivity index (χ0) is 18.4. The number of carbonyl (C=O) groups is 1. The van der Waals surface area contributed by atoms with Crippen LogP contribution in [0.2, 0.25) is 0 Å². The predicted molar refractivity (Wildman–Crippen MR) is 110 cm³/mol. The van der Waals surface area contributed by atoms with E-state index in [1.54, 1.807) is 0 Å². The van der Waals surface area contributed by atoms with Crippen LogP contribution in [0.3, 0.4) is 0 Å². The minimum absolute atomic E-state index is 0.0742. The number of unbranched alkanes of at least 4 members (excludes halogenated alkanes) is 2. The maximum Gasteiger partial charge on any atom is 0.233 e. The smallest absolute Gasteiger partial charge is 0.233 e. The van der Waals surface area contributed by atoms with Gasteiger partial charge in [0.1, 0.15) is 0 Å². The molecule has 0 heterocycles. The lowest BCUT2D eigenvalue weighted by molar-refractivity contribution is -0.119.